The predicted octanol–water partition coefficient (Wildman–Crippen LogP) is 5.02. The highest BCUT2D eigenvalue weighted by atomic mass is 35.5. The van der Waals surface area contributed by atoms with E-state index < -0.39 is 0 Å². The standard InChI is InChI=1S/C22H27ClN2O.ClH/c1-16(2)25-21(26)20-8-6-5-7-17(20)15-22(25,13-14-24(3)4)18-9-11-19(23)12-10-18;/h5-12,16H,13-15H2,1-4H3;1H. The Bertz CT molecular complexity index is 789. The summed E-state index contributed by atoms with van der Waals surface area (Å²) in [6.45, 7) is 5.11. The molecular weight excluding hydrogens is 379 g/mol. The fourth-order valence-electron chi connectivity index (χ4n) is 4.10. The molecule has 1 unspecified atom stereocenters. The van der Waals surface area contributed by atoms with E-state index in [9.17, 15) is 4.79 Å². The van der Waals surface area contributed by atoms with Gasteiger partial charge in [0.2, 0.25) is 0 Å². The van der Waals surface area contributed by atoms with Crippen molar-refractivity contribution < 1.29 is 4.79 Å². The number of hydrogen-bond donors (Lipinski definition) is 0. The Balaban J connectivity index is 0.00000261. The first-order valence-electron chi connectivity index (χ1n) is 9.17. The van der Waals surface area contributed by atoms with Crippen LogP contribution in [0.1, 0.15) is 41.8 Å². The summed E-state index contributed by atoms with van der Waals surface area (Å²) in [7, 11) is 4.15. The molecule has 3 rings (SSSR count). The molecular formula is C22H28Cl2N2O. The SMILES string of the molecule is CC(C)N1C(=O)c2ccccc2CC1(CCN(C)C)c1ccc(Cl)cc1.Cl. The van der Waals surface area contributed by atoms with E-state index in [-0.39, 0.29) is 29.9 Å². The maximum Gasteiger partial charge on any atom is 0.255 e. The summed E-state index contributed by atoms with van der Waals surface area (Å²) in [6, 6.07) is 16.1. The normalized spacial score (nSPS) is 19.2. The molecule has 0 saturated heterocycles. The Hall–Kier alpha value is -1.55. The minimum absolute atomic E-state index is 0. The number of nitrogens with zero attached hydrogens (tertiary/aromatic N) is 2. The second-order valence-electron chi connectivity index (χ2n) is 7.69. The molecule has 1 aliphatic heterocycles. The van der Waals surface area contributed by atoms with Crippen LogP contribution in [0.25, 0.3) is 0 Å². The van der Waals surface area contributed by atoms with Crippen molar-refractivity contribution in [3.8, 4) is 0 Å². The molecule has 0 N–H and O–H groups in total. The molecule has 0 radical (unpaired) electrons. The number of hydrogen-bond acceptors (Lipinski definition) is 2. The van der Waals surface area contributed by atoms with Crippen molar-refractivity contribution in [2.24, 2.45) is 0 Å². The van der Waals surface area contributed by atoms with E-state index in [1.54, 1.807) is 0 Å². The first-order chi connectivity index (χ1) is 12.3. The Morgan fingerprint density at radius 2 is 1.74 bits per heavy atom. The van der Waals surface area contributed by atoms with Crippen LogP contribution in [-0.2, 0) is 12.0 Å². The topological polar surface area (TPSA) is 23.6 Å². The predicted molar refractivity (Wildman–Crippen MR) is 115 cm³/mol. The Morgan fingerprint density at radius 3 is 2.33 bits per heavy atom. The number of carbonyl (C=O) groups excluding carboxylic acids is 1. The van der Waals surface area contributed by atoms with Crippen LogP contribution in [0.2, 0.25) is 5.02 Å². The zero-order valence-corrected chi connectivity index (χ0v) is 18.0. The Labute approximate surface area is 173 Å². The summed E-state index contributed by atoms with van der Waals surface area (Å²) in [5, 5.41) is 0.718. The lowest BCUT2D eigenvalue weighted by molar-refractivity contribution is 0.0217. The van der Waals surface area contributed by atoms with Gasteiger partial charge in [0, 0.05) is 29.6 Å². The van der Waals surface area contributed by atoms with Crippen LogP contribution in [0.4, 0.5) is 0 Å². The van der Waals surface area contributed by atoms with Gasteiger partial charge in [-0.2, -0.15) is 0 Å². The van der Waals surface area contributed by atoms with Gasteiger partial charge in [-0.3, -0.25) is 4.79 Å². The first-order valence-corrected chi connectivity index (χ1v) is 9.55. The highest BCUT2D eigenvalue weighted by molar-refractivity contribution is 6.30. The molecule has 0 spiro atoms. The zero-order chi connectivity index (χ0) is 18.9. The smallest absolute Gasteiger partial charge is 0.255 e. The fourth-order valence-corrected chi connectivity index (χ4v) is 4.23. The molecule has 0 fully saturated rings. The molecule has 27 heavy (non-hydrogen) atoms. The van der Waals surface area contributed by atoms with Gasteiger partial charge in [-0.25, -0.2) is 0 Å². The summed E-state index contributed by atoms with van der Waals surface area (Å²) in [5.74, 6) is 0.121. The largest absolute Gasteiger partial charge is 0.326 e. The van der Waals surface area contributed by atoms with E-state index >= 15 is 0 Å². The third kappa shape index (κ3) is 4.16. The van der Waals surface area contributed by atoms with Gasteiger partial charge in [0.15, 0.2) is 0 Å². The number of carbonyl (C=O) groups is 1. The van der Waals surface area contributed by atoms with Gasteiger partial charge in [-0.1, -0.05) is 41.9 Å². The molecule has 1 heterocycles. The van der Waals surface area contributed by atoms with Crippen molar-refractivity contribution >= 4 is 29.9 Å². The Kier molecular flexibility index (Phi) is 6.96. The van der Waals surface area contributed by atoms with Gasteiger partial charge in [-0.05, 0) is 63.7 Å². The molecule has 2 aromatic rings. The molecule has 0 aliphatic carbocycles. The van der Waals surface area contributed by atoms with E-state index in [2.05, 4.69) is 55.9 Å². The average molecular weight is 407 g/mol. The zero-order valence-electron chi connectivity index (χ0n) is 16.4. The number of amides is 1. The number of halogens is 2. The lowest BCUT2D eigenvalue weighted by Crippen LogP contribution is -2.57. The first kappa shape index (κ1) is 21.7. The number of fused-ring (bicyclic) bond motifs is 1. The highest BCUT2D eigenvalue weighted by Gasteiger charge is 2.46. The molecule has 5 heteroatoms. The van der Waals surface area contributed by atoms with E-state index in [1.165, 1.54) is 0 Å². The van der Waals surface area contributed by atoms with Crippen molar-refractivity contribution in [2.45, 2.75) is 38.3 Å². The summed E-state index contributed by atoms with van der Waals surface area (Å²) in [4.78, 5) is 17.7. The van der Waals surface area contributed by atoms with Gasteiger partial charge in [0.1, 0.15) is 0 Å². The molecule has 2 aromatic carbocycles. The number of rotatable bonds is 5. The molecule has 3 nitrogen and oxygen atoms in total. The summed E-state index contributed by atoms with van der Waals surface area (Å²) >= 11 is 6.14. The minimum Gasteiger partial charge on any atom is -0.326 e. The van der Waals surface area contributed by atoms with Crippen LogP contribution < -0.4 is 0 Å². The average Bonchev–Trinajstić information content (AvgIpc) is 2.60. The quantitative estimate of drug-likeness (QED) is 0.695. The molecule has 0 saturated carbocycles. The van der Waals surface area contributed by atoms with E-state index in [1.807, 2.05) is 30.3 Å². The van der Waals surface area contributed by atoms with Crippen LogP contribution in [0, 0.1) is 0 Å². The molecule has 1 atom stereocenters. The van der Waals surface area contributed by atoms with Crippen molar-refractivity contribution in [1.82, 2.24) is 9.80 Å². The van der Waals surface area contributed by atoms with Crippen molar-refractivity contribution in [1.29, 1.82) is 0 Å². The van der Waals surface area contributed by atoms with Gasteiger partial charge in [0.05, 0.1) is 5.54 Å². The lowest BCUT2D eigenvalue weighted by Gasteiger charge is -2.50. The van der Waals surface area contributed by atoms with E-state index in [0.717, 1.165) is 41.1 Å². The summed E-state index contributed by atoms with van der Waals surface area (Å²) in [6.07, 6.45) is 1.70. The molecule has 1 aliphatic rings. The molecule has 1 amide bonds. The lowest BCUT2D eigenvalue weighted by atomic mass is 9.74. The summed E-state index contributed by atoms with van der Waals surface area (Å²) in [5.41, 5.74) is 2.74. The van der Waals surface area contributed by atoms with Crippen LogP contribution >= 0.6 is 24.0 Å². The third-order valence-electron chi connectivity index (χ3n) is 5.28. The van der Waals surface area contributed by atoms with E-state index in [4.69, 9.17) is 11.6 Å². The summed E-state index contributed by atoms with van der Waals surface area (Å²) < 4.78 is 0. The maximum absolute atomic E-state index is 13.4. The maximum atomic E-state index is 13.4. The fraction of sp³-hybridized carbons (Fsp3) is 0.409. The van der Waals surface area contributed by atoms with Crippen molar-refractivity contribution in [3.05, 3.63) is 70.2 Å². The van der Waals surface area contributed by atoms with Crippen LogP contribution in [0.5, 0.6) is 0 Å². The second kappa shape index (κ2) is 8.64. The van der Waals surface area contributed by atoms with E-state index in [0.29, 0.717) is 0 Å². The van der Waals surface area contributed by atoms with Gasteiger partial charge in [0.25, 0.3) is 5.91 Å². The van der Waals surface area contributed by atoms with Crippen LogP contribution in [-0.4, -0.2) is 42.4 Å². The van der Waals surface area contributed by atoms with Crippen LogP contribution in [0.3, 0.4) is 0 Å². The third-order valence-corrected chi connectivity index (χ3v) is 5.53. The molecule has 146 valence electrons. The van der Waals surface area contributed by atoms with Gasteiger partial charge >= 0.3 is 0 Å². The number of benzene rings is 2. The van der Waals surface area contributed by atoms with Crippen molar-refractivity contribution in [2.75, 3.05) is 20.6 Å². The van der Waals surface area contributed by atoms with Crippen molar-refractivity contribution in [3.63, 3.8) is 0 Å². The van der Waals surface area contributed by atoms with Gasteiger partial charge < -0.3 is 9.80 Å². The molecule has 0 bridgehead atoms. The highest BCUT2D eigenvalue weighted by Crippen LogP contribution is 2.43. The monoisotopic (exact) mass is 406 g/mol. The van der Waals surface area contributed by atoms with Gasteiger partial charge in [-0.15, -0.1) is 12.4 Å². The van der Waals surface area contributed by atoms with Crippen LogP contribution in [0.15, 0.2) is 48.5 Å². The minimum atomic E-state index is -0.367. The Morgan fingerprint density at radius 1 is 1.11 bits per heavy atom. The molecule has 0 aromatic heterocycles. The second-order valence-corrected chi connectivity index (χ2v) is 8.13.